The SMILES string of the molecule is CCCCCCCCCCCCCCCCCCCCCC(=O)N(C)CCS(=O)(=O)[O-].[Na+]. The molecule has 0 fully saturated rings. The van der Waals surface area contributed by atoms with Crippen molar-refractivity contribution in [2.45, 2.75) is 135 Å². The van der Waals surface area contributed by atoms with Crippen molar-refractivity contribution >= 4 is 16.0 Å². The van der Waals surface area contributed by atoms with Crippen LogP contribution in [-0.2, 0) is 14.9 Å². The summed E-state index contributed by atoms with van der Waals surface area (Å²) >= 11 is 0. The van der Waals surface area contributed by atoms with E-state index in [0.717, 1.165) is 19.3 Å². The maximum absolute atomic E-state index is 11.9. The summed E-state index contributed by atoms with van der Waals surface area (Å²) in [6.07, 6.45) is 25.5. The van der Waals surface area contributed by atoms with Crippen molar-refractivity contribution < 1.29 is 47.3 Å². The Morgan fingerprint density at radius 3 is 1.28 bits per heavy atom. The van der Waals surface area contributed by atoms with Gasteiger partial charge in [0.1, 0.15) is 0 Å². The van der Waals surface area contributed by atoms with Gasteiger partial charge in [-0.15, -0.1) is 0 Å². The molecule has 0 bridgehead atoms. The third-order valence-corrected chi connectivity index (χ3v) is 6.78. The summed E-state index contributed by atoms with van der Waals surface area (Å²) in [4.78, 5) is 13.2. The van der Waals surface area contributed by atoms with Gasteiger partial charge in [0.15, 0.2) is 0 Å². The van der Waals surface area contributed by atoms with Crippen LogP contribution in [0.2, 0.25) is 0 Å². The molecule has 0 aromatic rings. The Labute approximate surface area is 221 Å². The van der Waals surface area contributed by atoms with Crippen molar-refractivity contribution in [2.24, 2.45) is 0 Å². The molecule has 0 heterocycles. The minimum absolute atomic E-state index is 0. The Morgan fingerprint density at radius 2 is 0.969 bits per heavy atom. The standard InChI is InChI=1S/C25H51NO4S.Na/c1-3-4-5-6-7-8-9-10-11-12-13-14-15-16-17-18-19-20-21-22-25(27)26(2)23-24-31(28,29)30;/h3-24H2,1-2H3,(H,28,29,30);/q;+1/p-1. The Balaban J connectivity index is 0. The van der Waals surface area contributed by atoms with Crippen LogP contribution in [0.3, 0.4) is 0 Å². The zero-order valence-corrected chi connectivity index (χ0v) is 24.4. The van der Waals surface area contributed by atoms with Crippen LogP contribution in [0, 0.1) is 0 Å². The van der Waals surface area contributed by atoms with Crippen molar-refractivity contribution in [1.82, 2.24) is 4.90 Å². The van der Waals surface area contributed by atoms with Crippen molar-refractivity contribution in [1.29, 1.82) is 0 Å². The molecule has 0 aromatic carbocycles. The topological polar surface area (TPSA) is 77.5 Å². The van der Waals surface area contributed by atoms with E-state index in [1.54, 1.807) is 7.05 Å². The maximum atomic E-state index is 11.9. The first-order valence-corrected chi connectivity index (χ1v) is 14.6. The average molecular weight is 484 g/mol. The molecule has 0 aliphatic rings. The molecule has 7 heteroatoms. The van der Waals surface area contributed by atoms with Gasteiger partial charge in [0.2, 0.25) is 5.91 Å². The molecule has 0 saturated heterocycles. The molecule has 5 nitrogen and oxygen atoms in total. The molecule has 0 spiro atoms. The fourth-order valence-electron chi connectivity index (χ4n) is 3.92. The smallest absolute Gasteiger partial charge is 0.748 e. The van der Waals surface area contributed by atoms with Gasteiger partial charge in [-0.3, -0.25) is 4.79 Å². The van der Waals surface area contributed by atoms with E-state index in [0.29, 0.717) is 6.42 Å². The molecule has 0 rings (SSSR count). The molecular formula is C25H50NNaO4S. The van der Waals surface area contributed by atoms with Crippen LogP contribution < -0.4 is 29.6 Å². The van der Waals surface area contributed by atoms with Gasteiger partial charge < -0.3 is 9.45 Å². The van der Waals surface area contributed by atoms with Crippen LogP contribution in [0.15, 0.2) is 0 Å². The van der Waals surface area contributed by atoms with Crippen LogP contribution >= 0.6 is 0 Å². The van der Waals surface area contributed by atoms with E-state index in [9.17, 15) is 17.8 Å². The van der Waals surface area contributed by atoms with Gasteiger partial charge in [-0.25, -0.2) is 8.42 Å². The van der Waals surface area contributed by atoms with Crippen molar-refractivity contribution in [3.8, 4) is 0 Å². The van der Waals surface area contributed by atoms with E-state index in [4.69, 9.17) is 0 Å². The van der Waals surface area contributed by atoms with Crippen molar-refractivity contribution in [3.05, 3.63) is 0 Å². The van der Waals surface area contributed by atoms with E-state index >= 15 is 0 Å². The van der Waals surface area contributed by atoms with Crippen LogP contribution in [0.5, 0.6) is 0 Å². The van der Waals surface area contributed by atoms with Crippen LogP contribution in [0.4, 0.5) is 0 Å². The number of hydrogen-bond acceptors (Lipinski definition) is 4. The van der Waals surface area contributed by atoms with Crippen LogP contribution in [-0.4, -0.2) is 43.1 Å². The van der Waals surface area contributed by atoms with E-state index in [-0.39, 0.29) is 42.0 Å². The molecule has 0 unspecified atom stereocenters. The minimum atomic E-state index is -4.25. The molecule has 0 aliphatic heterocycles. The molecular weight excluding hydrogens is 433 g/mol. The third kappa shape index (κ3) is 26.6. The minimum Gasteiger partial charge on any atom is -0.748 e. The van der Waals surface area contributed by atoms with Gasteiger partial charge >= 0.3 is 29.6 Å². The Hall–Kier alpha value is 0.380. The molecule has 1 amide bonds. The van der Waals surface area contributed by atoms with Gasteiger partial charge in [0.25, 0.3) is 0 Å². The second-order valence-corrected chi connectivity index (χ2v) is 10.7. The normalized spacial score (nSPS) is 11.3. The number of carbonyl (C=O) groups excluding carboxylic acids is 1. The van der Waals surface area contributed by atoms with Crippen molar-refractivity contribution in [2.75, 3.05) is 19.3 Å². The van der Waals surface area contributed by atoms with Gasteiger partial charge in [-0.1, -0.05) is 122 Å². The maximum Gasteiger partial charge on any atom is 1.00 e. The first-order chi connectivity index (χ1) is 14.9. The fourth-order valence-corrected chi connectivity index (χ4v) is 4.42. The second kappa shape index (κ2) is 24.5. The first kappa shape index (κ1) is 34.5. The zero-order valence-electron chi connectivity index (χ0n) is 21.5. The number of nitrogens with zero attached hydrogens (tertiary/aromatic N) is 1. The third-order valence-electron chi connectivity index (χ3n) is 6.10. The largest absolute Gasteiger partial charge is 1.00 e. The first-order valence-electron chi connectivity index (χ1n) is 13.0. The van der Waals surface area contributed by atoms with E-state index in [2.05, 4.69) is 6.92 Å². The van der Waals surface area contributed by atoms with E-state index < -0.39 is 15.9 Å². The fraction of sp³-hybridized carbons (Fsp3) is 0.960. The molecule has 0 aliphatic carbocycles. The summed E-state index contributed by atoms with van der Waals surface area (Å²) in [5.74, 6) is -0.579. The van der Waals surface area contributed by atoms with Gasteiger partial charge in [0, 0.05) is 20.0 Å². The summed E-state index contributed by atoms with van der Waals surface area (Å²) in [5.41, 5.74) is 0. The molecule has 186 valence electrons. The second-order valence-electron chi connectivity index (χ2n) is 9.19. The van der Waals surface area contributed by atoms with Crippen LogP contribution in [0.1, 0.15) is 135 Å². The summed E-state index contributed by atoms with van der Waals surface area (Å²) in [7, 11) is -2.69. The summed E-state index contributed by atoms with van der Waals surface area (Å²) in [6, 6.07) is 0. The average Bonchev–Trinajstić information content (AvgIpc) is 2.72. The summed E-state index contributed by atoms with van der Waals surface area (Å²) in [5, 5.41) is 0. The Bertz CT molecular complexity index is 514. The van der Waals surface area contributed by atoms with Gasteiger partial charge in [-0.2, -0.15) is 0 Å². The van der Waals surface area contributed by atoms with Gasteiger partial charge in [-0.05, 0) is 6.42 Å². The van der Waals surface area contributed by atoms with Gasteiger partial charge in [0.05, 0.1) is 15.9 Å². The van der Waals surface area contributed by atoms with Crippen molar-refractivity contribution in [3.63, 3.8) is 0 Å². The number of unbranched alkanes of at least 4 members (excludes halogenated alkanes) is 18. The predicted molar refractivity (Wildman–Crippen MR) is 130 cm³/mol. The Kier molecular flexibility index (Phi) is 26.5. The van der Waals surface area contributed by atoms with E-state index in [1.807, 2.05) is 0 Å². The molecule has 0 aromatic heterocycles. The predicted octanol–water partition coefficient (Wildman–Crippen LogP) is 3.82. The quantitative estimate of drug-likeness (QED) is 0.126. The summed E-state index contributed by atoms with van der Waals surface area (Å²) < 4.78 is 31.8. The summed E-state index contributed by atoms with van der Waals surface area (Å²) in [6.45, 7) is 2.26. The molecule has 0 saturated carbocycles. The molecule has 0 radical (unpaired) electrons. The number of rotatable bonds is 23. The monoisotopic (exact) mass is 483 g/mol. The zero-order chi connectivity index (χ0) is 23.2. The number of hydrogen-bond donors (Lipinski definition) is 0. The number of amides is 1. The molecule has 0 N–H and O–H groups in total. The number of carbonyl (C=O) groups is 1. The molecule has 0 atom stereocenters. The Morgan fingerprint density at radius 1 is 0.656 bits per heavy atom. The van der Waals surface area contributed by atoms with E-state index in [1.165, 1.54) is 108 Å². The van der Waals surface area contributed by atoms with Crippen LogP contribution in [0.25, 0.3) is 0 Å². The molecule has 32 heavy (non-hydrogen) atoms.